The highest BCUT2D eigenvalue weighted by Crippen LogP contribution is 2.33. The zero-order valence-electron chi connectivity index (χ0n) is 17.6. The van der Waals surface area contributed by atoms with E-state index < -0.39 is 30.2 Å². The van der Waals surface area contributed by atoms with Crippen LogP contribution in [0.3, 0.4) is 0 Å². The summed E-state index contributed by atoms with van der Waals surface area (Å²) in [5.41, 5.74) is 0.669. The van der Waals surface area contributed by atoms with E-state index in [0.717, 1.165) is 0 Å². The third-order valence-corrected chi connectivity index (χ3v) is 4.71. The van der Waals surface area contributed by atoms with Crippen molar-refractivity contribution in [3.05, 3.63) is 59.7 Å². The number of phenolic OH excluding ortho intramolecular Hbond substituents is 1. The molecule has 0 heterocycles. The van der Waals surface area contributed by atoms with Gasteiger partial charge in [-0.25, -0.2) is 4.79 Å². The number of imide groups is 1. The number of hydrogen-bond donors (Lipinski definition) is 3. The number of phenols is 1. The Hall–Kier alpha value is -3.24. The summed E-state index contributed by atoms with van der Waals surface area (Å²) in [5.74, 6) is -1.16. The Balaban J connectivity index is 2.20. The number of nitrogens with one attached hydrogen (secondary N) is 1. The summed E-state index contributed by atoms with van der Waals surface area (Å²) in [4.78, 5) is 36.1. The Bertz CT molecular complexity index is 921. The summed E-state index contributed by atoms with van der Waals surface area (Å²) in [7, 11) is 2.80. The Morgan fingerprint density at radius 2 is 1.81 bits per heavy atom. The van der Waals surface area contributed by atoms with Crippen LogP contribution < -0.4 is 10.1 Å². The van der Waals surface area contributed by atoms with Crippen molar-refractivity contribution in [1.82, 2.24) is 5.32 Å². The molecule has 0 saturated heterocycles. The van der Waals surface area contributed by atoms with E-state index in [-0.39, 0.29) is 35.8 Å². The molecule has 9 nitrogen and oxygen atoms in total. The largest absolute Gasteiger partial charge is 0.504 e. The van der Waals surface area contributed by atoms with E-state index in [1.54, 1.807) is 36.4 Å². The van der Waals surface area contributed by atoms with Crippen LogP contribution in [0.4, 0.5) is 4.79 Å². The van der Waals surface area contributed by atoms with Gasteiger partial charge in [0.2, 0.25) is 0 Å². The first kappa shape index (κ1) is 25.0. The topological polar surface area (TPSA) is 120 Å². The van der Waals surface area contributed by atoms with Crippen LogP contribution in [0.5, 0.6) is 11.5 Å². The normalized spacial score (nSPS) is 12.3. The average Bonchev–Trinajstić information content (AvgIpc) is 2.81. The van der Waals surface area contributed by atoms with Gasteiger partial charge in [-0.2, -0.15) is 12.6 Å². The molecule has 0 aliphatic heterocycles. The molecular weight excluding hydrogens is 438 g/mol. The fourth-order valence-corrected chi connectivity index (χ4v) is 2.96. The van der Waals surface area contributed by atoms with Gasteiger partial charge in [0.15, 0.2) is 17.6 Å². The number of hydrogen-bond acceptors (Lipinski definition) is 9. The predicted octanol–water partition coefficient (Wildman–Crippen LogP) is 2.89. The van der Waals surface area contributed by atoms with Gasteiger partial charge in [-0.1, -0.05) is 24.3 Å². The molecule has 2 amide bonds. The molecule has 172 valence electrons. The van der Waals surface area contributed by atoms with Crippen molar-refractivity contribution in [1.29, 1.82) is 0 Å². The molecule has 0 aliphatic carbocycles. The van der Waals surface area contributed by atoms with Crippen molar-refractivity contribution in [3.63, 3.8) is 0 Å². The lowest BCUT2D eigenvalue weighted by atomic mass is 10.0. The maximum Gasteiger partial charge on any atom is 0.414 e. The number of methoxy groups -OCH3 is 2. The number of rotatable bonds is 10. The van der Waals surface area contributed by atoms with Gasteiger partial charge in [0.05, 0.1) is 19.5 Å². The standard InChI is InChI=1S/C22H25NO8S/c1-28-17-9-8-15(12-16(17)24)20(18(29-2)10-11-30-19(25)13-32)31-22(27)23-21(26)14-6-4-3-5-7-14/h3-9,12,18,20,24,32H,10-11,13H2,1-2H3,(H,23,26,27)/t18-,20-/m0/s1. The van der Waals surface area contributed by atoms with Crippen LogP contribution in [0.1, 0.15) is 28.4 Å². The number of amides is 2. The molecule has 2 rings (SSSR count). The minimum absolute atomic E-state index is 0.00946. The lowest BCUT2D eigenvalue weighted by Crippen LogP contribution is -2.35. The molecule has 32 heavy (non-hydrogen) atoms. The molecule has 0 fully saturated rings. The van der Waals surface area contributed by atoms with Gasteiger partial charge in [0, 0.05) is 19.1 Å². The van der Waals surface area contributed by atoms with Crippen LogP contribution in [0.25, 0.3) is 0 Å². The van der Waals surface area contributed by atoms with Crippen molar-refractivity contribution in [2.24, 2.45) is 0 Å². The van der Waals surface area contributed by atoms with Gasteiger partial charge < -0.3 is 24.1 Å². The Morgan fingerprint density at radius 3 is 2.41 bits per heavy atom. The highest BCUT2D eigenvalue weighted by Gasteiger charge is 2.29. The second-order valence-corrected chi connectivity index (χ2v) is 6.83. The number of esters is 1. The van der Waals surface area contributed by atoms with E-state index in [0.29, 0.717) is 5.56 Å². The first-order chi connectivity index (χ1) is 15.4. The lowest BCUT2D eigenvalue weighted by Gasteiger charge is -2.26. The number of thiol groups is 1. The van der Waals surface area contributed by atoms with Gasteiger partial charge in [-0.15, -0.1) is 0 Å². The van der Waals surface area contributed by atoms with Crippen molar-refractivity contribution in [2.45, 2.75) is 18.6 Å². The number of carbonyl (C=O) groups excluding carboxylic acids is 3. The SMILES string of the molecule is COc1ccc([C@H](OC(=O)NC(=O)c2ccccc2)[C@H](CCOC(=O)CS)OC)cc1O. The van der Waals surface area contributed by atoms with Crippen LogP contribution in [0.2, 0.25) is 0 Å². The van der Waals surface area contributed by atoms with Crippen LogP contribution >= 0.6 is 12.6 Å². The third-order valence-electron chi connectivity index (χ3n) is 4.45. The van der Waals surface area contributed by atoms with E-state index >= 15 is 0 Å². The van der Waals surface area contributed by atoms with E-state index in [9.17, 15) is 19.5 Å². The van der Waals surface area contributed by atoms with Crippen molar-refractivity contribution in [2.75, 3.05) is 26.6 Å². The third kappa shape index (κ3) is 7.17. The molecule has 0 unspecified atom stereocenters. The van der Waals surface area contributed by atoms with Gasteiger partial charge in [0.25, 0.3) is 5.91 Å². The van der Waals surface area contributed by atoms with Crippen molar-refractivity contribution >= 4 is 30.6 Å². The summed E-state index contributed by atoms with van der Waals surface area (Å²) in [6.07, 6.45) is -2.62. The Labute approximate surface area is 191 Å². The second kappa shape index (κ2) is 12.6. The van der Waals surface area contributed by atoms with Crippen molar-refractivity contribution < 1.29 is 38.4 Å². The summed E-state index contributed by atoms with van der Waals surface area (Å²) < 4.78 is 21.0. The van der Waals surface area contributed by atoms with Crippen molar-refractivity contribution in [3.8, 4) is 11.5 Å². The molecule has 10 heteroatoms. The van der Waals surface area contributed by atoms with Gasteiger partial charge in [-0.05, 0) is 29.8 Å². The van der Waals surface area contributed by atoms with Crippen LogP contribution in [0.15, 0.2) is 48.5 Å². The zero-order valence-corrected chi connectivity index (χ0v) is 18.5. The fraction of sp³-hybridized carbons (Fsp3) is 0.318. The van der Waals surface area contributed by atoms with Gasteiger partial charge in [0.1, 0.15) is 6.10 Å². The Morgan fingerprint density at radius 1 is 1.09 bits per heavy atom. The number of ether oxygens (including phenoxy) is 4. The van der Waals surface area contributed by atoms with Gasteiger partial charge in [-0.3, -0.25) is 14.9 Å². The number of benzene rings is 2. The maximum absolute atomic E-state index is 12.5. The number of alkyl carbamates (subject to hydrolysis) is 1. The molecule has 0 bridgehead atoms. The zero-order chi connectivity index (χ0) is 23.5. The molecule has 0 radical (unpaired) electrons. The van der Waals surface area contributed by atoms with Crippen LogP contribution in [-0.2, 0) is 19.0 Å². The quantitative estimate of drug-likeness (QED) is 0.363. The highest BCUT2D eigenvalue weighted by molar-refractivity contribution is 7.81. The summed E-state index contributed by atoms with van der Waals surface area (Å²) >= 11 is 3.84. The molecule has 0 saturated carbocycles. The summed E-state index contributed by atoms with van der Waals surface area (Å²) in [6.45, 7) is -0.00946. The number of aromatic hydroxyl groups is 1. The van der Waals surface area contributed by atoms with E-state index in [1.807, 2.05) is 0 Å². The molecule has 2 aromatic carbocycles. The number of carbonyl (C=O) groups is 3. The molecule has 2 atom stereocenters. The molecule has 2 N–H and O–H groups in total. The average molecular weight is 464 g/mol. The van der Waals surface area contributed by atoms with Crippen LogP contribution in [0, 0.1) is 0 Å². The van der Waals surface area contributed by atoms with Crippen LogP contribution in [-0.4, -0.2) is 55.8 Å². The molecule has 0 aromatic heterocycles. The summed E-state index contributed by atoms with van der Waals surface area (Å²) in [5, 5.41) is 12.3. The summed E-state index contributed by atoms with van der Waals surface area (Å²) in [6, 6.07) is 12.6. The first-order valence-electron chi connectivity index (χ1n) is 9.62. The van der Waals surface area contributed by atoms with E-state index in [1.165, 1.54) is 26.4 Å². The predicted molar refractivity (Wildman–Crippen MR) is 118 cm³/mol. The maximum atomic E-state index is 12.5. The fourth-order valence-electron chi connectivity index (χ4n) is 2.87. The molecule has 0 spiro atoms. The smallest absolute Gasteiger partial charge is 0.414 e. The van der Waals surface area contributed by atoms with E-state index in [4.69, 9.17) is 18.9 Å². The Kier molecular flexibility index (Phi) is 9.83. The lowest BCUT2D eigenvalue weighted by molar-refractivity contribution is -0.141. The molecular formula is C22H25NO8S. The monoisotopic (exact) mass is 463 g/mol. The highest BCUT2D eigenvalue weighted by atomic mass is 32.1. The minimum Gasteiger partial charge on any atom is -0.504 e. The molecule has 2 aromatic rings. The second-order valence-electron chi connectivity index (χ2n) is 6.52. The van der Waals surface area contributed by atoms with E-state index in [2.05, 4.69) is 17.9 Å². The minimum atomic E-state index is -1.03. The molecule has 0 aliphatic rings. The van der Waals surface area contributed by atoms with Gasteiger partial charge >= 0.3 is 12.1 Å². The first-order valence-corrected chi connectivity index (χ1v) is 10.3.